The minimum Gasteiger partial charge on any atom is -0.343 e. The monoisotopic (exact) mass is 308 g/mol. The van der Waals surface area contributed by atoms with Crippen LogP contribution >= 0.6 is 0 Å². The van der Waals surface area contributed by atoms with Crippen LogP contribution in [-0.4, -0.2) is 53.7 Å². The number of hydrogen-bond donors (Lipinski definition) is 0. The molecule has 2 rings (SSSR count). The number of unbranched alkanes of at least 4 members (excludes halogenated alkanes) is 2. The first kappa shape index (κ1) is 17.5. The molecule has 126 valence electrons. The average molecular weight is 308 g/mol. The van der Waals surface area contributed by atoms with Crippen molar-refractivity contribution in [3.05, 3.63) is 0 Å². The summed E-state index contributed by atoms with van der Waals surface area (Å²) < 4.78 is 0. The number of hydrogen-bond acceptors (Lipinski definition) is 3. The number of carbonyl (C=O) groups excluding carboxylic acids is 2. The highest BCUT2D eigenvalue weighted by atomic mass is 16.2. The quantitative estimate of drug-likeness (QED) is 0.679. The Balaban J connectivity index is 1.71. The SMILES string of the molecule is CCCCCC(=O)N1CCC(CN2CCCC2C(C)=O)CC1. The predicted octanol–water partition coefficient (Wildman–Crippen LogP) is 2.86. The number of likely N-dealkylation sites (tertiary alicyclic amines) is 2. The van der Waals surface area contributed by atoms with E-state index in [1.165, 1.54) is 6.42 Å². The predicted molar refractivity (Wildman–Crippen MR) is 88.7 cm³/mol. The Hall–Kier alpha value is -0.900. The summed E-state index contributed by atoms with van der Waals surface area (Å²) in [6, 6.07) is 0.161. The van der Waals surface area contributed by atoms with Crippen molar-refractivity contribution in [2.45, 2.75) is 71.3 Å². The molecular formula is C18H32N2O2. The molecule has 1 atom stereocenters. The van der Waals surface area contributed by atoms with Crippen LogP contribution in [0.5, 0.6) is 0 Å². The van der Waals surface area contributed by atoms with E-state index < -0.39 is 0 Å². The molecule has 2 aliphatic heterocycles. The van der Waals surface area contributed by atoms with Gasteiger partial charge >= 0.3 is 0 Å². The molecule has 2 saturated heterocycles. The van der Waals surface area contributed by atoms with Crippen LogP contribution in [0.1, 0.15) is 65.2 Å². The fourth-order valence-electron chi connectivity index (χ4n) is 3.89. The zero-order chi connectivity index (χ0) is 15.9. The summed E-state index contributed by atoms with van der Waals surface area (Å²) in [5.41, 5.74) is 0. The van der Waals surface area contributed by atoms with Gasteiger partial charge in [-0.15, -0.1) is 0 Å². The van der Waals surface area contributed by atoms with E-state index >= 15 is 0 Å². The first-order valence-corrected chi connectivity index (χ1v) is 9.14. The summed E-state index contributed by atoms with van der Waals surface area (Å²) in [4.78, 5) is 28.2. The lowest BCUT2D eigenvalue weighted by Gasteiger charge is -2.35. The Morgan fingerprint density at radius 3 is 2.41 bits per heavy atom. The van der Waals surface area contributed by atoms with Crippen molar-refractivity contribution in [1.82, 2.24) is 9.80 Å². The number of ketones is 1. The molecule has 0 aromatic carbocycles. The second-order valence-corrected chi connectivity index (χ2v) is 7.04. The van der Waals surface area contributed by atoms with E-state index in [4.69, 9.17) is 0 Å². The maximum Gasteiger partial charge on any atom is 0.222 e. The standard InChI is InChI=1S/C18H32N2O2/c1-3-4-5-8-18(22)19-12-9-16(10-13-19)14-20-11-6-7-17(20)15(2)21/h16-17H,3-14H2,1-2H3. The van der Waals surface area contributed by atoms with Gasteiger partial charge in [-0.3, -0.25) is 14.5 Å². The number of Topliss-reactive ketones (excluding diaryl/α,β-unsaturated/α-hetero) is 1. The van der Waals surface area contributed by atoms with Gasteiger partial charge in [0, 0.05) is 26.1 Å². The van der Waals surface area contributed by atoms with Gasteiger partial charge in [0.2, 0.25) is 5.91 Å². The minimum absolute atomic E-state index is 0.161. The van der Waals surface area contributed by atoms with Crippen LogP contribution < -0.4 is 0 Å². The lowest BCUT2D eigenvalue weighted by Crippen LogP contribution is -2.43. The van der Waals surface area contributed by atoms with E-state index in [0.717, 1.165) is 71.1 Å². The second-order valence-electron chi connectivity index (χ2n) is 7.04. The highest BCUT2D eigenvalue weighted by Gasteiger charge is 2.31. The van der Waals surface area contributed by atoms with Crippen molar-refractivity contribution < 1.29 is 9.59 Å². The Kier molecular flexibility index (Phi) is 6.87. The van der Waals surface area contributed by atoms with Crippen molar-refractivity contribution in [3.8, 4) is 0 Å². The summed E-state index contributed by atoms with van der Waals surface area (Å²) in [5.74, 6) is 1.32. The lowest BCUT2D eigenvalue weighted by molar-refractivity contribution is -0.132. The van der Waals surface area contributed by atoms with E-state index in [9.17, 15) is 9.59 Å². The lowest BCUT2D eigenvalue weighted by atomic mass is 9.95. The molecule has 0 N–H and O–H groups in total. The highest BCUT2D eigenvalue weighted by molar-refractivity contribution is 5.81. The molecule has 0 bridgehead atoms. The molecule has 0 radical (unpaired) electrons. The second kappa shape index (κ2) is 8.66. The molecule has 0 aliphatic carbocycles. The van der Waals surface area contributed by atoms with E-state index in [0.29, 0.717) is 17.6 Å². The fourth-order valence-corrected chi connectivity index (χ4v) is 3.89. The molecule has 4 nitrogen and oxygen atoms in total. The van der Waals surface area contributed by atoms with Crippen LogP contribution in [0, 0.1) is 5.92 Å². The van der Waals surface area contributed by atoms with E-state index in [-0.39, 0.29) is 6.04 Å². The first-order chi connectivity index (χ1) is 10.6. The Labute approximate surface area is 135 Å². The number of carbonyl (C=O) groups is 2. The first-order valence-electron chi connectivity index (χ1n) is 9.14. The number of nitrogens with zero attached hydrogens (tertiary/aromatic N) is 2. The molecule has 1 amide bonds. The van der Waals surface area contributed by atoms with Gasteiger partial charge in [0.15, 0.2) is 0 Å². The van der Waals surface area contributed by atoms with Crippen molar-refractivity contribution in [3.63, 3.8) is 0 Å². The third-order valence-corrected chi connectivity index (χ3v) is 5.29. The van der Waals surface area contributed by atoms with Gasteiger partial charge in [-0.05, 0) is 51.5 Å². The van der Waals surface area contributed by atoms with Crippen LogP contribution in [0.3, 0.4) is 0 Å². The third-order valence-electron chi connectivity index (χ3n) is 5.29. The molecule has 1 unspecified atom stereocenters. The van der Waals surface area contributed by atoms with Gasteiger partial charge in [-0.25, -0.2) is 0 Å². The summed E-state index contributed by atoms with van der Waals surface area (Å²) >= 11 is 0. The van der Waals surface area contributed by atoms with E-state index in [1.54, 1.807) is 6.92 Å². The molecule has 0 aromatic rings. The van der Waals surface area contributed by atoms with Crippen LogP contribution in [-0.2, 0) is 9.59 Å². The van der Waals surface area contributed by atoms with E-state index in [2.05, 4.69) is 16.7 Å². The van der Waals surface area contributed by atoms with Crippen molar-refractivity contribution in [2.75, 3.05) is 26.2 Å². The Bertz CT molecular complexity index is 375. The molecule has 0 saturated carbocycles. The summed E-state index contributed by atoms with van der Waals surface area (Å²) in [7, 11) is 0. The van der Waals surface area contributed by atoms with Gasteiger partial charge < -0.3 is 4.90 Å². The molecule has 22 heavy (non-hydrogen) atoms. The van der Waals surface area contributed by atoms with Gasteiger partial charge in [0.25, 0.3) is 0 Å². The molecule has 0 aromatic heterocycles. The van der Waals surface area contributed by atoms with Gasteiger partial charge in [-0.2, -0.15) is 0 Å². The topological polar surface area (TPSA) is 40.6 Å². The van der Waals surface area contributed by atoms with Crippen LogP contribution in [0.15, 0.2) is 0 Å². The van der Waals surface area contributed by atoms with Gasteiger partial charge in [0.1, 0.15) is 5.78 Å². The molecular weight excluding hydrogens is 276 g/mol. The third kappa shape index (κ3) is 4.80. The normalized spacial score (nSPS) is 23.9. The Morgan fingerprint density at radius 1 is 1.05 bits per heavy atom. The Morgan fingerprint density at radius 2 is 1.77 bits per heavy atom. The van der Waals surface area contributed by atoms with Crippen LogP contribution in [0.2, 0.25) is 0 Å². The maximum absolute atomic E-state index is 12.1. The highest BCUT2D eigenvalue weighted by Crippen LogP contribution is 2.24. The van der Waals surface area contributed by atoms with Crippen LogP contribution in [0.25, 0.3) is 0 Å². The number of piperidine rings is 1. The molecule has 0 spiro atoms. The van der Waals surface area contributed by atoms with Crippen molar-refractivity contribution >= 4 is 11.7 Å². The zero-order valence-corrected chi connectivity index (χ0v) is 14.4. The number of rotatable bonds is 7. The minimum atomic E-state index is 0.161. The zero-order valence-electron chi connectivity index (χ0n) is 14.4. The number of amides is 1. The van der Waals surface area contributed by atoms with Crippen molar-refractivity contribution in [2.24, 2.45) is 5.92 Å². The summed E-state index contributed by atoms with van der Waals surface area (Å²) in [6.45, 7) is 7.83. The summed E-state index contributed by atoms with van der Waals surface area (Å²) in [6.07, 6.45) is 8.46. The van der Waals surface area contributed by atoms with Crippen molar-refractivity contribution in [1.29, 1.82) is 0 Å². The van der Waals surface area contributed by atoms with Gasteiger partial charge in [-0.1, -0.05) is 19.8 Å². The molecule has 4 heteroatoms. The average Bonchev–Trinajstić information content (AvgIpc) is 2.96. The molecule has 2 aliphatic rings. The molecule has 2 heterocycles. The largest absolute Gasteiger partial charge is 0.343 e. The molecule has 2 fully saturated rings. The van der Waals surface area contributed by atoms with Gasteiger partial charge in [0.05, 0.1) is 6.04 Å². The van der Waals surface area contributed by atoms with E-state index in [1.807, 2.05) is 0 Å². The fraction of sp³-hybridized carbons (Fsp3) is 0.889. The maximum atomic E-state index is 12.1. The summed E-state index contributed by atoms with van der Waals surface area (Å²) in [5, 5.41) is 0. The smallest absolute Gasteiger partial charge is 0.222 e. The van der Waals surface area contributed by atoms with Crippen LogP contribution in [0.4, 0.5) is 0 Å².